The first kappa shape index (κ1) is 18.1. The largest absolute Gasteiger partial charge is 0.494 e. The zero-order valence-corrected chi connectivity index (χ0v) is 15.2. The van der Waals surface area contributed by atoms with E-state index in [2.05, 4.69) is 33.8 Å². The fourth-order valence-corrected chi connectivity index (χ4v) is 2.30. The van der Waals surface area contributed by atoms with Gasteiger partial charge in [-0.05, 0) is 60.2 Å². The second kappa shape index (κ2) is 7.52. The van der Waals surface area contributed by atoms with Crippen molar-refractivity contribution in [1.82, 2.24) is 0 Å². The van der Waals surface area contributed by atoms with Crippen LogP contribution in [0.4, 0.5) is 0 Å². The minimum Gasteiger partial charge on any atom is -0.494 e. The van der Waals surface area contributed by atoms with Gasteiger partial charge in [-0.25, -0.2) is 4.79 Å². The second-order valence-corrected chi connectivity index (χ2v) is 6.99. The Labute approximate surface area is 144 Å². The van der Waals surface area contributed by atoms with Gasteiger partial charge in [0, 0.05) is 0 Å². The van der Waals surface area contributed by atoms with Gasteiger partial charge < -0.3 is 9.47 Å². The number of esters is 1. The van der Waals surface area contributed by atoms with Crippen LogP contribution in [0, 0.1) is 6.92 Å². The quantitative estimate of drug-likeness (QED) is 0.552. The van der Waals surface area contributed by atoms with E-state index in [0.29, 0.717) is 17.9 Å². The SMILES string of the molecule is CCCOc1ccc(C(=O)Oc2ccc(C(C)(C)C)cc2C)cc1. The summed E-state index contributed by atoms with van der Waals surface area (Å²) in [7, 11) is 0. The normalized spacial score (nSPS) is 11.2. The van der Waals surface area contributed by atoms with E-state index >= 15 is 0 Å². The number of aryl methyl sites for hydroxylation is 1. The van der Waals surface area contributed by atoms with Crippen molar-refractivity contribution in [3.63, 3.8) is 0 Å². The Bertz CT molecular complexity index is 694. The number of hydrogen-bond acceptors (Lipinski definition) is 3. The summed E-state index contributed by atoms with van der Waals surface area (Å²) in [6, 6.07) is 13.0. The van der Waals surface area contributed by atoms with Crippen molar-refractivity contribution in [2.45, 2.75) is 46.5 Å². The van der Waals surface area contributed by atoms with E-state index in [1.807, 2.05) is 19.1 Å². The first-order valence-electron chi connectivity index (χ1n) is 8.37. The maximum absolute atomic E-state index is 12.3. The first-order chi connectivity index (χ1) is 11.3. The number of carbonyl (C=O) groups excluding carboxylic acids is 1. The molecule has 3 nitrogen and oxygen atoms in total. The Balaban J connectivity index is 2.09. The Morgan fingerprint density at radius 1 is 1.04 bits per heavy atom. The average Bonchev–Trinajstić information content (AvgIpc) is 2.54. The molecule has 0 aliphatic rings. The van der Waals surface area contributed by atoms with E-state index < -0.39 is 0 Å². The molecule has 0 heterocycles. The number of carbonyl (C=O) groups is 1. The molecule has 0 N–H and O–H groups in total. The lowest BCUT2D eigenvalue weighted by Crippen LogP contribution is -2.13. The van der Waals surface area contributed by atoms with Crippen LogP contribution in [0.2, 0.25) is 0 Å². The lowest BCUT2D eigenvalue weighted by Gasteiger charge is -2.20. The molecule has 0 amide bonds. The van der Waals surface area contributed by atoms with Gasteiger partial charge in [0.25, 0.3) is 0 Å². The molecule has 2 aromatic carbocycles. The lowest BCUT2D eigenvalue weighted by molar-refractivity contribution is 0.0733. The number of hydrogen-bond donors (Lipinski definition) is 0. The summed E-state index contributed by atoms with van der Waals surface area (Å²) < 4.78 is 11.1. The molecule has 0 fully saturated rings. The molecule has 2 rings (SSSR count). The average molecular weight is 326 g/mol. The second-order valence-electron chi connectivity index (χ2n) is 6.99. The van der Waals surface area contributed by atoms with E-state index in [-0.39, 0.29) is 11.4 Å². The van der Waals surface area contributed by atoms with Crippen molar-refractivity contribution in [2.75, 3.05) is 6.61 Å². The van der Waals surface area contributed by atoms with Gasteiger partial charge in [0.2, 0.25) is 0 Å². The highest BCUT2D eigenvalue weighted by Gasteiger charge is 2.16. The molecule has 2 aromatic rings. The Morgan fingerprint density at radius 3 is 2.25 bits per heavy atom. The predicted molar refractivity (Wildman–Crippen MR) is 97.1 cm³/mol. The Hall–Kier alpha value is -2.29. The summed E-state index contributed by atoms with van der Waals surface area (Å²) in [4.78, 5) is 12.3. The van der Waals surface area contributed by atoms with Crippen LogP contribution in [0.25, 0.3) is 0 Å². The fourth-order valence-electron chi connectivity index (χ4n) is 2.30. The highest BCUT2D eigenvalue weighted by molar-refractivity contribution is 5.91. The Morgan fingerprint density at radius 2 is 1.71 bits per heavy atom. The molecule has 0 aliphatic carbocycles. The third-order valence-corrected chi connectivity index (χ3v) is 3.81. The molecular formula is C21H26O3. The maximum atomic E-state index is 12.3. The zero-order chi connectivity index (χ0) is 17.7. The van der Waals surface area contributed by atoms with Crippen molar-refractivity contribution in [3.8, 4) is 11.5 Å². The van der Waals surface area contributed by atoms with Crippen molar-refractivity contribution >= 4 is 5.97 Å². The summed E-state index contributed by atoms with van der Waals surface area (Å²) >= 11 is 0. The van der Waals surface area contributed by atoms with Gasteiger partial charge in [0.15, 0.2) is 0 Å². The molecule has 0 saturated carbocycles. The summed E-state index contributed by atoms with van der Waals surface area (Å²) in [6.07, 6.45) is 0.952. The van der Waals surface area contributed by atoms with E-state index in [9.17, 15) is 4.79 Å². The van der Waals surface area contributed by atoms with Gasteiger partial charge in [0.1, 0.15) is 11.5 Å². The van der Waals surface area contributed by atoms with Crippen molar-refractivity contribution < 1.29 is 14.3 Å². The van der Waals surface area contributed by atoms with Crippen LogP contribution in [0.5, 0.6) is 11.5 Å². The van der Waals surface area contributed by atoms with Crippen LogP contribution in [0.3, 0.4) is 0 Å². The molecule has 0 spiro atoms. The van der Waals surface area contributed by atoms with Crippen molar-refractivity contribution in [3.05, 3.63) is 59.2 Å². The van der Waals surface area contributed by atoms with Crippen molar-refractivity contribution in [2.24, 2.45) is 0 Å². The van der Waals surface area contributed by atoms with E-state index in [1.165, 1.54) is 5.56 Å². The molecule has 0 radical (unpaired) electrons. The van der Waals surface area contributed by atoms with Crippen LogP contribution < -0.4 is 9.47 Å². The minimum atomic E-state index is -0.358. The van der Waals surface area contributed by atoms with Crippen LogP contribution in [0.15, 0.2) is 42.5 Å². The Kier molecular flexibility index (Phi) is 5.66. The third kappa shape index (κ3) is 4.60. The first-order valence-corrected chi connectivity index (χ1v) is 8.37. The molecule has 0 aliphatic heterocycles. The smallest absolute Gasteiger partial charge is 0.343 e. The molecule has 3 heteroatoms. The molecule has 0 unspecified atom stereocenters. The van der Waals surface area contributed by atoms with Gasteiger partial charge in [0.05, 0.1) is 12.2 Å². The molecule has 128 valence electrons. The summed E-state index contributed by atoms with van der Waals surface area (Å²) in [6.45, 7) is 11.2. The number of ether oxygens (including phenoxy) is 2. The van der Waals surface area contributed by atoms with Gasteiger partial charge >= 0.3 is 5.97 Å². The summed E-state index contributed by atoms with van der Waals surface area (Å²) in [5.41, 5.74) is 2.76. The molecular weight excluding hydrogens is 300 g/mol. The molecule has 24 heavy (non-hydrogen) atoms. The monoisotopic (exact) mass is 326 g/mol. The highest BCUT2D eigenvalue weighted by Crippen LogP contribution is 2.28. The number of benzene rings is 2. The molecule has 0 saturated heterocycles. The van der Waals surface area contributed by atoms with Gasteiger partial charge in [-0.2, -0.15) is 0 Å². The van der Waals surface area contributed by atoms with Gasteiger partial charge in [-0.1, -0.05) is 39.8 Å². The fraction of sp³-hybridized carbons (Fsp3) is 0.381. The van der Waals surface area contributed by atoms with E-state index in [4.69, 9.17) is 9.47 Å². The van der Waals surface area contributed by atoms with Crippen molar-refractivity contribution in [1.29, 1.82) is 0 Å². The van der Waals surface area contributed by atoms with E-state index in [1.54, 1.807) is 24.3 Å². The van der Waals surface area contributed by atoms with Gasteiger partial charge in [-0.15, -0.1) is 0 Å². The third-order valence-electron chi connectivity index (χ3n) is 3.81. The summed E-state index contributed by atoms with van der Waals surface area (Å²) in [5.74, 6) is 1.00. The zero-order valence-electron chi connectivity index (χ0n) is 15.2. The van der Waals surface area contributed by atoms with Crippen LogP contribution in [-0.2, 0) is 5.41 Å². The van der Waals surface area contributed by atoms with Crippen LogP contribution in [-0.4, -0.2) is 12.6 Å². The van der Waals surface area contributed by atoms with E-state index in [0.717, 1.165) is 17.7 Å². The molecule has 0 aromatic heterocycles. The highest BCUT2D eigenvalue weighted by atomic mass is 16.5. The van der Waals surface area contributed by atoms with Crippen LogP contribution in [0.1, 0.15) is 55.6 Å². The van der Waals surface area contributed by atoms with Gasteiger partial charge in [-0.3, -0.25) is 0 Å². The standard InChI is InChI=1S/C21H26O3/c1-6-13-23-18-10-7-16(8-11-18)20(22)24-19-12-9-17(14-15(19)2)21(3,4)5/h7-12,14H,6,13H2,1-5H3. The molecule has 0 atom stereocenters. The molecule has 0 bridgehead atoms. The lowest BCUT2D eigenvalue weighted by atomic mass is 9.86. The maximum Gasteiger partial charge on any atom is 0.343 e. The van der Waals surface area contributed by atoms with Crippen LogP contribution >= 0.6 is 0 Å². The predicted octanol–water partition coefficient (Wildman–Crippen LogP) is 5.30. The summed E-state index contributed by atoms with van der Waals surface area (Å²) in [5, 5.41) is 0. The topological polar surface area (TPSA) is 35.5 Å². The number of rotatable bonds is 5. The minimum absolute atomic E-state index is 0.0711.